The fourth-order valence-corrected chi connectivity index (χ4v) is 0.831. The number of hydrogen-bond acceptors (Lipinski definition) is 3. The lowest BCUT2D eigenvalue weighted by Gasteiger charge is -2.03. The molecule has 2 radical (unpaired) electrons. The molecule has 0 fully saturated rings. The van der Waals surface area contributed by atoms with Crippen LogP contribution in [0.3, 0.4) is 0 Å². The van der Waals surface area contributed by atoms with E-state index in [4.69, 9.17) is 13.0 Å². The van der Waals surface area contributed by atoms with E-state index in [-0.39, 0.29) is 22.3 Å². The highest BCUT2D eigenvalue weighted by Gasteiger charge is 2.08. The molecule has 0 unspecified atom stereocenters. The highest BCUT2D eigenvalue weighted by Crippen LogP contribution is 2.09. The average molecular weight is 198 g/mol. The van der Waals surface area contributed by atoms with Gasteiger partial charge in [-0.25, -0.2) is 4.79 Å². The maximum absolute atomic E-state index is 11.0. The summed E-state index contributed by atoms with van der Waals surface area (Å²) in [4.78, 5) is 11.0. The van der Waals surface area contributed by atoms with E-state index in [1.54, 1.807) is 0 Å². The zero-order valence-electron chi connectivity index (χ0n) is 7.57. The smallest absolute Gasteiger partial charge is 0.337 e. The Bertz CT molecular complexity index is 313. The number of benzene rings is 1. The molecule has 0 aliphatic heterocycles. The van der Waals surface area contributed by atoms with Gasteiger partial charge in [-0.05, 0) is 12.1 Å². The van der Waals surface area contributed by atoms with Crippen LogP contribution in [0, 0.1) is 0 Å². The molecule has 0 bridgehead atoms. The number of methoxy groups -OCH3 is 1. The summed E-state index contributed by atoms with van der Waals surface area (Å²) in [5.41, 5.74) is 0.470. The van der Waals surface area contributed by atoms with Crippen LogP contribution in [-0.2, 0) is 4.74 Å². The third-order valence-electron chi connectivity index (χ3n) is 1.44. The van der Waals surface area contributed by atoms with Crippen LogP contribution in [0.5, 0.6) is 5.75 Å². The van der Waals surface area contributed by atoms with E-state index in [2.05, 4.69) is 4.74 Å². The summed E-state index contributed by atoms with van der Waals surface area (Å²) in [7, 11) is 6.71. The number of aromatic hydroxyl groups is 1. The Morgan fingerprint density at radius 2 is 2.00 bits per heavy atom. The molecule has 0 saturated heterocycles. The molecule has 6 heteroatoms. The molecular weight excluding hydrogens is 187 g/mol. The Labute approximate surface area is 82.3 Å². The van der Waals surface area contributed by atoms with Crippen LogP contribution in [0.1, 0.15) is 10.4 Å². The van der Waals surface area contributed by atoms with E-state index >= 15 is 0 Å². The maximum Gasteiger partial charge on any atom is 0.337 e. The van der Waals surface area contributed by atoms with Gasteiger partial charge in [0.2, 0.25) is 0 Å². The first-order chi connectivity index (χ1) is 5.65. The van der Waals surface area contributed by atoms with Crippen LogP contribution >= 0.6 is 0 Å². The molecule has 0 aliphatic carbocycles. The van der Waals surface area contributed by atoms with Crippen LogP contribution in [0.25, 0.3) is 0 Å². The number of carbonyl (C=O) groups excluding carboxylic acids is 1. The lowest BCUT2D eigenvalue weighted by Crippen LogP contribution is -2.16. The number of carbonyl (C=O) groups is 1. The molecule has 0 aliphatic rings. The van der Waals surface area contributed by atoms with Crippen LogP contribution in [0.15, 0.2) is 18.2 Å². The minimum atomic E-state index is -0.552. The van der Waals surface area contributed by atoms with E-state index in [9.17, 15) is 4.79 Å². The van der Waals surface area contributed by atoms with Gasteiger partial charge in [-0.1, -0.05) is 11.5 Å². The van der Waals surface area contributed by atoms with E-state index in [0.717, 1.165) is 0 Å². The number of phenols is 1. The number of hydrogen-bond donors (Lipinski definition) is 1. The Balaban J connectivity index is 0. The Hall–Kier alpha value is -1.53. The van der Waals surface area contributed by atoms with Crippen molar-refractivity contribution in [2.75, 3.05) is 7.11 Å². The summed E-state index contributed by atoms with van der Waals surface area (Å²) < 4.78 is 4.44. The van der Waals surface area contributed by atoms with Gasteiger partial charge in [-0.15, -0.1) is 0 Å². The van der Waals surface area contributed by atoms with Gasteiger partial charge in [0, 0.05) is 0 Å². The van der Waals surface area contributed by atoms with E-state index in [1.807, 2.05) is 0 Å². The monoisotopic (exact) mass is 198 g/mol. The third-order valence-corrected chi connectivity index (χ3v) is 1.44. The van der Waals surface area contributed by atoms with E-state index < -0.39 is 5.97 Å². The Morgan fingerprint density at radius 3 is 2.50 bits per heavy atom. The molecule has 0 spiro atoms. The summed E-state index contributed by atoms with van der Waals surface area (Å²) in [5, 5.41) is 9.02. The van der Waals surface area contributed by atoms with Crippen molar-refractivity contribution in [3.8, 4) is 5.75 Å². The molecule has 1 rings (SSSR count). The standard InChI is InChI=1S/C8H7BO3.2H2O/c1-12-8(11)6-4-5(10)2-3-7(6)9;;/h2-4,10H,1H3;2*1H2. The molecule has 1 aromatic carbocycles. The summed E-state index contributed by atoms with van der Waals surface area (Å²) in [6.07, 6.45) is 0. The van der Waals surface area contributed by atoms with Gasteiger partial charge < -0.3 is 20.8 Å². The average Bonchev–Trinajstić information content (AvgIpc) is 2.08. The Kier molecular flexibility index (Phi) is 6.43. The number of esters is 1. The molecule has 0 heterocycles. The molecule has 76 valence electrons. The Morgan fingerprint density at radius 1 is 1.43 bits per heavy atom. The predicted molar refractivity (Wildman–Crippen MR) is 52.1 cm³/mol. The first kappa shape index (κ1) is 15.0. The molecule has 0 amide bonds. The van der Waals surface area contributed by atoms with Crippen LogP contribution < -0.4 is 5.46 Å². The number of ether oxygens (including phenoxy) is 1. The first-order valence-corrected chi connectivity index (χ1v) is 3.32. The van der Waals surface area contributed by atoms with Gasteiger partial charge in [0.15, 0.2) is 0 Å². The molecular formula is C8H11BO5. The van der Waals surface area contributed by atoms with Crippen molar-refractivity contribution in [3.05, 3.63) is 23.8 Å². The van der Waals surface area contributed by atoms with Gasteiger partial charge >= 0.3 is 5.97 Å². The quantitative estimate of drug-likeness (QED) is 0.429. The largest absolute Gasteiger partial charge is 0.508 e. The molecule has 0 atom stereocenters. The number of rotatable bonds is 1. The van der Waals surface area contributed by atoms with E-state index in [0.29, 0.717) is 5.46 Å². The van der Waals surface area contributed by atoms with Crippen LogP contribution in [0.4, 0.5) is 0 Å². The second kappa shape index (κ2) is 6.01. The van der Waals surface area contributed by atoms with Gasteiger partial charge in [0.1, 0.15) is 13.6 Å². The van der Waals surface area contributed by atoms with Crippen molar-refractivity contribution in [2.45, 2.75) is 0 Å². The molecule has 0 saturated carbocycles. The fraction of sp³-hybridized carbons (Fsp3) is 0.125. The van der Waals surface area contributed by atoms with Gasteiger partial charge in [0.05, 0.1) is 12.7 Å². The maximum atomic E-state index is 11.0. The first-order valence-electron chi connectivity index (χ1n) is 3.32. The molecule has 5 N–H and O–H groups in total. The highest BCUT2D eigenvalue weighted by molar-refractivity contribution is 6.36. The van der Waals surface area contributed by atoms with Crippen molar-refractivity contribution in [3.63, 3.8) is 0 Å². The molecule has 14 heavy (non-hydrogen) atoms. The zero-order valence-corrected chi connectivity index (χ0v) is 7.57. The molecule has 0 aromatic heterocycles. The van der Waals surface area contributed by atoms with Gasteiger partial charge in [-0.2, -0.15) is 0 Å². The topological polar surface area (TPSA) is 110 Å². The minimum Gasteiger partial charge on any atom is -0.508 e. The lowest BCUT2D eigenvalue weighted by atomic mass is 9.90. The number of phenolic OH excluding ortho intramolecular Hbond substituents is 1. The third kappa shape index (κ3) is 3.08. The second-order valence-corrected chi connectivity index (χ2v) is 2.26. The van der Waals surface area contributed by atoms with Crippen LogP contribution in [-0.4, -0.2) is 37.0 Å². The second-order valence-electron chi connectivity index (χ2n) is 2.26. The molecule has 5 nitrogen and oxygen atoms in total. The van der Waals surface area contributed by atoms with Crippen molar-refractivity contribution >= 4 is 19.3 Å². The zero-order chi connectivity index (χ0) is 9.14. The summed E-state index contributed by atoms with van der Waals surface area (Å²) in [6.45, 7) is 0. The van der Waals surface area contributed by atoms with Crippen LogP contribution in [0.2, 0.25) is 0 Å². The van der Waals surface area contributed by atoms with Gasteiger partial charge in [0.25, 0.3) is 0 Å². The van der Waals surface area contributed by atoms with Crippen molar-refractivity contribution in [2.24, 2.45) is 0 Å². The van der Waals surface area contributed by atoms with E-state index in [1.165, 1.54) is 25.3 Å². The van der Waals surface area contributed by atoms with Crippen molar-refractivity contribution < 1.29 is 25.6 Å². The summed E-state index contributed by atoms with van der Waals surface area (Å²) >= 11 is 0. The van der Waals surface area contributed by atoms with Crippen molar-refractivity contribution in [1.82, 2.24) is 0 Å². The lowest BCUT2D eigenvalue weighted by molar-refractivity contribution is 0.0602. The highest BCUT2D eigenvalue weighted by atomic mass is 16.5. The summed E-state index contributed by atoms with van der Waals surface area (Å²) in [6, 6.07) is 4.12. The SMILES string of the molecule is O.O.[B]c1ccc(O)cc1C(=O)OC. The minimum absolute atomic E-state index is 0. The molecule has 1 aromatic rings. The fourth-order valence-electron chi connectivity index (χ4n) is 0.831. The van der Waals surface area contributed by atoms with Gasteiger partial charge in [-0.3, -0.25) is 0 Å². The predicted octanol–water partition coefficient (Wildman–Crippen LogP) is -1.68. The summed E-state index contributed by atoms with van der Waals surface area (Å²) in [5.74, 6) is -0.562. The normalized spacial score (nSPS) is 8.07. The van der Waals surface area contributed by atoms with Crippen molar-refractivity contribution in [1.29, 1.82) is 0 Å².